The molecule has 0 saturated carbocycles. The van der Waals surface area contributed by atoms with E-state index in [9.17, 15) is 0 Å². The summed E-state index contributed by atoms with van der Waals surface area (Å²) in [5.74, 6) is 0.912. The molecule has 0 atom stereocenters. The monoisotopic (exact) mass is 306 g/mol. The van der Waals surface area contributed by atoms with Gasteiger partial charge in [-0.1, -0.05) is 18.2 Å². The van der Waals surface area contributed by atoms with Crippen LogP contribution in [-0.2, 0) is 13.0 Å². The van der Waals surface area contributed by atoms with E-state index in [0.717, 1.165) is 31.8 Å². The van der Waals surface area contributed by atoms with Crippen molar-refractivity contribution in [3.63, 3.8) is 0 Å². The van der Waals surface area contributed by atoms with Crippen molar-refractivity contribution in [3.8, 4) is 16.9 Å². The van der Waals surface area contributed by atoms with Gasteiger partial charge < -0.3 is 14.6 Å². The van der Waals surface area contributed by atoms with Gasteiger partial charge >= 0.3 is 0 Å². The molecule has 3 nitrogen and oxygen atoms in total. The van der Waals surface area contributed by atoms with Crippen LogP contribution in [0.2, 0.25) is 0 Å². The van der Waals surface area contributed by atoms with Crippen LogP contribution in [0.25, 0.3) is 22.0 Å². The normalized spacial score (nSPS) is 14.5. The maximum absolute atomic E-state index is 5.32. The second-order valence-electron chi connectivity index (χ2n) is 6.24. The summed E-state index contributed by atoms with van der Waals surface area (Å²) >= 11 is 0. The Kier molecular flexibility index (Phi) is 3.58. The van der Waals surface area contributed by atoms with Gasteiger partial charge in [0.05, 0.1) is 7.11 Å². The van der Waals surface area contributed by atoms with Crippen LogP contribution in [0, 0.1) is 6.92 Å². The summed E-state index contributed by atoms with van der Waals surface area (Å²) in [6.07, 6.45) is 1.10. The predicted octanol–water partition coefficient (Wildman–Crippen LogP) is 3.77. The van der Waals surface area contributed by atoms with Crippen molar-refractivity contribution in [2.45, 2.75) is 19.9 Å². The molecule has 0 spiro atoms. The summed E-state index contributed by atoms with van der Waals surface area (Å²) in [6.45, 7) is 5.30. The van der Waals surface area contributed by atoms with E-state index in [4.69, 9.17) is 4.74 Å². The van der Waals surface area contributed by atoms with Gasteiger partial charge in [-0.3, -0.25) is 0 Å². The lowest BCUT2D eigenvalue weighted by atomic mass is 9.99. The summed E-state index contributed by atoms with van der Waals surface area (Å²) in [7, 11) is 1.71. The molecule has 0 amide bonds. The maximum Gasteiger partial charge on any atom is 0.119 e. The minimum atomic E-state index is 0.912. The first-order valence-corrected chi connectivity index (χ1v) is 8.24. The molecule has 1 N–H and O–H groups in total. The third kappa shape index (κ3) is 2.51. The number of aromatic nitrogens is 1. The number of nitrogens with zero attached hydrogens (tertiary/aromatic N) is 1. The van der Waals surface area contributed by atoms with Crippen molar-refractivity contribution in [2.75, 3.05) is 20.2 Å². The number of rotatable bonds is 2. The molecule has 1 aliphatic rings. The van der Waals surface area contributed by atoms with Crippen molar-refractivity contribution in [1.29, 1.82) is 0 Å². The molecule has 1 aromatic heterocycles. The van der Waals surface area contributed by atoms with Gasteiger partial charge in [0.25, 0.3) is 0 Å². The fraction of sp³-hybridized carbons (Fsp3) is 0.300. The van der Waals surface area contributed by atoms with Gasteiger partial charge in [0.1, 0.15) is 5.75 Å². The van der Waals surface area contributed by atoms with Crippen molar-refractivity contribution in [2.24, 2.45) is 0 Å². The Morgan fingerprint density at radius 3 is 2.78 bits per heavy atom. The zero-order valence-electron chi connectivity index (χ0n) is 13.7. The molecule has 2 aromatic carbocycles. The zero-order chi connectivity index (χ0) is 15.8. The SMILES string of the molecule is COc1ccc(-c2ccc3cc4n(c3c2)CCNCC4)c(C)c1. The summed E-state index contributed by atoms with van der Waals surface area (Å²) in [6, 6.07) is 15.4. The van der Waals surface area contributed by atoms with Gasteiger partial charge in [-0.25, -0.2) is 0 Å². The number of nitrogens with one attached hydrogen (secondary N) is 1. The van der Waals surface area contributed by atoms with Gasteiger partial charge in [-0.05, 0) is 53.3 Å². The zero-order valence-corrected chi connectivity index (χ0v) is 13.7. The average Bonchev–Trinajstić information content (AvgIpc) is 2.75. The van der Waals surface area contributed by atoms with E-state index in [1.807, 2.05) is 6.07 Å². The topological polar surface area (TPSA) is 26.2 Å². The van der Waals surface area contributed by atoms with Crippen LogP contribution in [0.5, 0.6) is 5.75 Å². The maximum atomic E-state index is 5.32. The third-order valence-corrected chi connectivity index (χ3v) is 4.80. The first kappa shape index (κ1) is 14.3. The molecule has 0 radical (unpaired) electrons. The lowest BCUT2D eigenvalue weighted by molar-refractivity contribution is 0.414. The van der Waals surface area contributed by atoms with Crippen LogP contribution in [-0.4, -0.2) is 24.8 Å². The smallest absolute Gasteiger partial charge is 0.119 e. The van der Waals surface area contributed by atoms with Crippen LogP contribution in [0.4, 0.5) is 0 Å². The van der Waals surface area contributed by atoms with Crippen molar-refractivity contribution in [1.82, 2.24) is 9.88 Å². The molecular weight excluding hydrogens is 284 g/mol. The number of aryl methyl sites for hydroxylation is 1. The predicted molar refractivity (Wildman–Crippen MR) is 95.2 cm³/mol. The molecule has 0 saturated heterocycles. The van der Waals surface area contributed by atoms with Crippen LogP contribution < -0.4 is 10.1 Å². The highest BCUT2D eigenvalue weighted by Crippen LogP contribution is 2.31. The number of ether oxygens (including phenoxy) is 1. The molecule has 2 heterocycles. The number of hydrogen-bond donors (Lipinski definition) is 1. The summed E-state index contributed by atoms with van der Waals surface area (Å²) in [5.41, 5.74) is 6.57. The molecule has 0 fully saturated rings. The van der Waals surface area contributed by atoms with E-state index in [1.54, 1.807) is 7.11 Å². The Morgan fingerprint density at radius 2 is 1.96 bits per heavy atom. The molecule has 3 heteroatoms. The molecule has 4 rings (SSSR count). The van der Waals surface area contributed by atoms with Crippen LogP contribution in [0.1, 0.15) is 11.3 Å². The largest absolute Gasteiger partial charge is 0.497 e. The molecular formula is C20H22N2O. The van der Waals surface area contributed by atoms with Gasteiger partial charge in [0.2, 0.25) is 0 Å². The number of benzene rings is 2. The summed E-state index contributed by atoms with van der Waals surface area (Å²) in [5, 5.41) is 4.82. The minimum Gasteiger partial charge on any atom is -0.497 e. The quantitative estimate of drug-likeness (QED) is 0.780. The van der Waals surface area contributed by atoms with E-state index in [0.29, 0.717) is 0 Å². The van der Waals surface area contributed by atoms with Crippen molar-refractivity contribution < 1.29 is 4.74 Å². The number of hydrogen-bond acceptors (Lipinski definition) is 2. The Labute approximate surface area is 136 Å². The average molecular weight is 306 g/mol. The highest BCUT2D eigenvalue weighted by Gasteiger charge is 2.13. The number of methoxy groups -OCH3 is 1. The molecule has 1 aliphatic heterocycles. The minimum absolute atomic E-state index is 0.912. The first-order valence-electron chi connectivity index (χ1n) is 8.24. The van der Waals surface area contributed by atoms with Crippen molar-refractivity contribution in [3.05, 3.63) is 53.7 Å². The van der Waals surface area contributed by atoms with Gasteiger partial charge in [-0.2, -0.15) is 0 Å². The third-order valence-electron chi connectivity index (χ3n) is 4.80. The van der Waals surface area contributed by atoms with E-state index >= 15 is 0 Å². The summed E-state index contributed by atoms with van der Waals surface area (Å²) in [4.78, 5) is 0. The molecule has 0 unspecified atom stereocenters. The van der Waals surface area contributed by atoms with Crippen molar-refractivity contribution >= 4 is 10.9 Å². The highest BCUT2D eigenvalue weighted by atomic mass is 16.5. The lowest BCUT2D eigenvalue weighted by Gasteiger charge is -2.10. The van der Waals surface area contributed by atoms with Gasteiger partial charge in [0, 0.05) is 37.3 Å². The molecule has 23 heavy (non-hydrogen) atoms. The molecule has 3 aromatic rings. The fourth-order valence-electron chi connectivity index (χ4n) is 3.57. The molecule has 0 aliphatic carbocycles. The Bertz CT molecular complexity index is 863. The van der Waals surface area contributed by atoms with Crippen LogP contribution >= 0.6 is 0 Å². The molecule has 0 bridgehead atoms. The van der Waals surface area contributed by atoms with E-state index in [2.05, 4.69) is 53.2 Å². The van der Waals surface area contributed by atoms with Crippen LogP contribution in [0.3, 0.4) is 0 Å². The summed E-state index contributed by atoms with van der Waals surface area (Å²) < 4.78 is 7.79. The fourth-order valence-corrected chi connectivity index (χ4v) is 3.57. The Hall–Kier alpha value is -2.26. The second-order valence-corrected chi connectivity index (χ2v) is 6.24. The highest BCUT2D eigenvalue weighted by molar-refractivity contribution is 5.87. The van der Waals surface area contributed by atoms with E-state index < -0.39 is 0 Å². The second kappa shape index (κ2) is 5.74. The number of fused-ring (bicyclic) bond motifs is 3. The van der Waals surface area contributed by atoms with Crippen LogP contribution in [0.15, 0.2) is 42.5 Å². The Morgan fingerprint density at radius 1 is 1.04 bits per heavy atom. The lowest BCUT2D eigenvalue weighted by Crippen LogP contribution is -2.17. The van der Waals surface area contributed by atoms with Gasteiger partial charge in [0.15, 0.2) is 0 Å². The van der Waals surface area contributed by atoms with E-state index in [1.165, 1.54) is 33.3 Å². The van der Waals surface area contributed by atoms with Gasteiger partial charge in [-0.15, -0.1) is 0 Å². The molecule has 118 valence electrons. The Balaban J connectivity index is 1.84. The van der Waals surface area contributed by atoms with E-state index in [-0.39, 0.29) is 0 Å². The first-order chi connectivity index (χ1) is 11.3. The standard InChI is InChI=1S/C20H22N2O/c1-14-11-18(23-2)5-6-19(14)15-3-4-16-12-17-7-8-21-9-10-22(17)20(16)13-15/h3-6,11-13,21H,7-10H2,1-2H3.